The quantitative estimate of drug-likeness (QED) is 0.716. The number of anilines is 1. The van der Waals surface area contributed by atoms with Crippen LogP contribution in [-0.2, 0) is 0 Å². The number of hydrogen-bond acceptors (Lipinski definition) is 3. The van der Waals surface area contributed by atoms with E-state index in [1.165, 1.54) is 0 Å². The van der Waals surface area contributed by atoms with Crippen molar-refractivity contribution >= 4 is 28.3 Å². The molecule has 0 bridgehead atoms. The first-order valence-corrected chi connectivity index (χ1v) is 5.47. The van der Waals surface area contributed by atoms with Crippen molar-refractivity contribution in [2.24, 2.45) is 0 Å². The van der Waals surface area contributed by atoms with E-state index in [4.69, 9.17) is 17.3 Å². The number of aromatic nitrogens is 3. The minimum Gasteiger partial charge on any atom is -0.382 e. The molecular formula is C12H9ClN4. The molecule has 2 heterocycles. The number of pyridine rings is 1. The maximum absolute atomic E-state index is 5.94. The lowest BCUT2D eigenvalue weighted by Crippen LogP contribution is -1.98. The summed E-state index contributed by atoms with van der Waals surface area (Å²) in [7, 11) is 0. The molecule has 0 spiro atoms. The van der Waals surface area contributed by atoms with Crippen molar-refractivity contribution in [3.05, 3.63) is 47.7 Å². The number of halogens is 1. The van der Waals surface area contributed by atoms with Gasteiger partial charge in [0.1, 0.15) is 5.82 Å². The van der Waals surface area contributed by atoms with Gasteiger partial charge in [-0.15, -0.1) is 0 Å². The minimum atomic E-state index is 0.490. The molecule has 5 heteroatoms. The van der Waals surface area contributed by atoms with E-state index in [1.807, 2.05) is 30.5 Å². The molecule has 0 atom stereocenters. The Labute approximate surface area is 103 Å². The van der Waals surface area contributed by atoms with E-state index in [1.54, 1.807) is 16.9 Å². The topological polar surface area (TPSA) is 56.7 Å². The van der Waals surface area contributed by atoms with Crippen LogP contribution in [0.5, 0.6) is 0 Å². The lowest BCUT2D eigenvalue weighted by molar-refractivity contribution is 0.892. The van der Waals surface area contributed by atoms with Crippen molar-refractivity contribution in [3.63, 3.8) is 0 Å². The summed E-state index contributed by atoms with van der Waals surface area (Å²) in [6.45, 7) is 0. The second-order valence-electron chi connectivity index (χ2n) is 3.68. The molecule has 84 valence electrons. The molecule has 3 aromatic rings. The second kappa shape index (κ2) is 3.75. The van der Waals surface area contributed by atoms with E-state index in [9.17, 15) is 0 Å². The van der Waals surface area contributed by atoms with Gasteiger partial charge in [0.15, 0.2) is 0 Å². The molecule has 0 unspecified atom stereocenters. The summed E-state index contributed by atoms with van der Waals surface area (Å²) in [6.07, 6.45) is 3.55. The van der Waals surface area contributed by atoms with E-state index < -0.39 is 0 Å². The summed E-state index contributed by atoms with van der Waals surface area (Å²) in [4.78, 5) is 4.28. The van der Waals surface area contributed by atoms with Gasteiger partial charge in [-0.25, -0.2) is 4.68 Å². The Kier molecular flexibility index (Phi) is 2.23. The van der Waals surface area contributed by atoms with Crippen LogP contribution in [0.2, 0.25) is 5.02 Å². The first-order chi connectivity index (χ1) is 8.24. The average molecular weight is 245 g/mol. The Morgan fingerprint density at radius 2 is 2.06 bits per heavy atom. The highest BCUT2D eigenvalue weighted by molar-refractivity contribution is 6.31. The zero-order valence-electron chi connectivity index (χ0n) is 8.84. The van der Waals surface area contributed by atoms with Crippen LogP contribution in [0.3, 0.4) is 0 Å². The molecule has 0 aliphatic heterocycles. The van der Waals surface area contributed by atoms with Gasteiger partial charge in [0.25, 0.3) is 0 Å². The van der Waals surface area contributed by atoms with Gasteiger partial charge in [-0.2, -0.15) is 5.10 Å². The highest BCUT2D eigenvalue weighted by Crippen LogP contribution is 2.23. The van der Waals surface area contributed by atoms with Crippen LogP contribution in [0.1, 0.15) is 0 Å². The summed E-state index contributed by atoms with van der Waals surface area (Å²) in [6, 6.07) is 9.23. The summed E-state index contributed by atoms with van der Waals surface area (Å²) >= 11 is 5.94. The molecule has 0 amide bonds. The zero-order chi connectivity index (χ0) is 11.8. The smallest absolute Gasteiger partial charge is 0.145 e. The van der Waals surface area contributed by atoms with E-state index in [0.29, 0.717) is 10.8 Å². The Balaban J connectivity index is 2.30. The van der Waals surface area contributed by atoms with Crippen molar-refractivity contribution in [2.75, 3.05) is 5.73 Å². The summed E-state index contributed by atoms with van der Waals surface area (Å²) in [5.74, 6) is 0.490. The van der Waals surface area contributed by atoms with Crippen LogP contribution < -0.4 is 5.73 Å². The number of hydrogen-bond donors (Lipinski definition) is 1. The van der Waals surface area contributed by atoms with Crippen LogP contribution in [0.4, 0.5) is 5.82 Å². The predicted molar refractivity (Wildman–Crippen MR) is 68.3 cm³/mol. The molecule has 2 aromatic heterocycles. The fourth-order valence-electron chi connectivity index (χ4n) is 1.78. The normalized spacial score (nSPS) is 10.9. The minimum absolute atomic E-state index is 0.490. The third kappa shape index (κ3) is 1.72. The van der Waals surface area contributed by atoms with Gasteiger partial charge < -0.3 is 5.73 Å². The Hall–Kier alpha value is -2.07. The van der Waals surface area contributed by atoms with Gasteiger partial charge >= 0.3 is 0 Å². The third-order valence-electron chi connectivity index (χ3n) is 2.54. The lowest BCUT2D eigenvalue weighted by atomic mass is 10.2. The first kappa shape index (κ1) is 10.1. The maximum atomic E-state index is 5.94. The van der Waals surface area contributed by atoms with Crippen LogP contribution in [0, 0.1) is 0 Å². The van der Waals surface area contributed by atoms with Crippen molar-refractivity contribution < 1.29 is 0 Å². The Bertz CT molecular complexity index is 690. The summed E-state index contributed by atoms with van der Waals surface area (Å²) in [5, 5.41) is 5.84. The molecular weight excluding hydrogens is 236 g/mol. The number of nitrogens with zero attached hydrogens (tertiary/aromatic N) is 3. The van der Waals surface area contributed by atoms with E-state index in [2.05, 4.69) is 10.1 Å². The molecule has 4 nitrogen and oxygen atoms in total. The predicted octanol–water partition coefficient (Wildman–Crippen LogP) is 2.66. The standard InChI is InChI=1S/C12H9ClN4/c13-8-1-2-9-10(7-8)15-5-3-11(9)17-6-4-12(14)16-17/h1-7H,(H2,14,16). The Morgan fingerprint density at radius 1 is 1.18 bits per heavy atom. The number of nitrogen functional groups attached to an aromatic ring is 1. The van der Waals surface area contributed by atoms with E-state index in [0.717, 1.165) is 16.6 Å². The van der Waals surface area contributed by atoms with Gasteiger partial charge in [0.2, 0.25) is 0 Å². The molecule has 1 aromatic carbocycles. The highest BCUT2D eigenvalue weighted by Gasteiger charge is 2.05. The third-order valence-corrected chi connectivity index (χ3v) is 2.77. The maximum Gasteiger partial charge on any atom is 0.145 e. The molecule has 0 aliphatic carbocycles. The molecule has 0 fully saturated rings. The molecule has 0 aliphatic rings. The number of fused-ring (bicyclic) bond motifs is 1. The molecule has 0 saturated heterocycles. The molecule has 0 radical (unpaired) electrons. The molecule has 3 rings (SSSR count). The molecule has 2 N–H and O–H groups in total. The fourth-order valence-corrected chi connectivity index (χ4v) is 1.94. The van der Waals surface area contributed by atoms with Gasteiger partial charge in [0, 0.05) is 28.9 Å². The van der Waals surface area contributed by atoms with Crippen molar-refractivity contribution in [2.45, 2.75) is 0 Å². The zero-order valence-corrected chi connectivity index (χ0v) is 9.59. The van der Waals surface area contributed by atoms with Gasteiger partial charge in [0.05, 0.1) is 11.2 Å². The first-order valence-electron chi connectivity index (χ1n) is 5.10. The van der Waals surface area contributed by atoms with Crippen LogP contribution >= 0.6 is 11.6 Å². The summed E-state index contributed by atoms with van der Waals surface area (Å²) in [5.41, 5.74) is 7.39. The highest BCUT2D eigenvalue weighted by atomic mass is 35.5. The van der Waals surface area contributed by atoms with E-state index in [-0.39, 0.29) is 0 Å². The van der Waals surface area contributed by atoms with Crippen molar-refractivity contribution in [3.8, 4) is 5.69 Å². The lowest BCUT2D eigenvalue weighted by Gasteiger charge is -2.05. The Morgan fingerprint density at radius 3 is 2.82 bits per heavy atom. The molecule has 0 saturated carbocycles. The van der Waals surface area contributed by atoms with Gasteiger partial charge in [-0.1, -0.05) is 11.6 Å². The van der Waals surface area contributed by atoms with Crippen molar-refractivity contribution in [1.82, 2.24) is 14.8 Å². The van der Waals surface area contributed by atoms with Crippen LogP contribution in [0.15, 0.2) is 42.7 Å². The fraction of sp³-hybridized carbons (Fsp3) is 0. The van der Waals surface area contributed by atoms with Gasteiger partial charge in [-0.05, 0) is 24.3 Å². The largest absolute Gasteiger partial charge is 0.382 e. The number of nitrogens with two attached hydrogens (primary N) is 1. The average Bonchev–Trinajstić information content (AvgIpc) is 2.74. The molecule has 17 heavy (non-hydrogen) atoms. The second-order valence-corrected chi connectivity index (χ2v) is 4.11. The summed E-state index contributed by atoms with van der Waals surface area (Å²) < 4.78 is 1.73. The van der Waals surface area contributed by atoms with Gasteiger partial charge in [-0.3, -0.25) is 4.98 Å². The number of benzene rings is 1. The van der Waals surface area contributed by atoms with Crippen molar-refractivity contribution in [1.29, 1.82) is 0 Å². The van der Waals surface area contributed by atoms with Crippen LogP contribution in [0.25, 0.3) is 16.6 Å². The van der Waals surface area contributed by atoms with Crippen LogP contribution in [-0.4, -0.2) is 14.8 Å². The van der Waals surface area contributed by atoms with E-state index >= 15 is 0 Å². The SMILES string of the molecule is Nc1ccn(-c2ccnc3cc(Cl)ccc23)n1. The monoisotopic (exact) mass is 244 g/mol. The number of rotatable bonds is 1.